The molecule has 2 aromatic rings. The van der Waals surface area contributed by atoms with Gasteiger partial charge in [0, 0.05) is 12.5 Å². The molecule has 0 unspecified atom stereocenters. The molecule has 6 nitrogen and oxygen atoms in total. The molecule has 0 aliphatic heterocycles. The molecule has 0 aliphatic rings. The van der Waals surface area contributed by atoms with Gasteiger partial charge in [0.25, 0.3) is 0 Å². The predicted octanol–water partition coefficient (Wildman–Crippen LogP) is 4.91. The molecular formula is C22H28O6. The zero-order chi connectivity index (χ0) is 20.7. The molecule has 28 heavy (non-hydrogen) atoms. The van der Waals surface area contributed by atoms with Crippen LogP contribution in [0.3, 0.4) is 0 Å². The van der Waals surface area contributed by atoms with Crippen molar-refractivity contribution in [3.8, 4) is 17.2 Å². The smallest absolute Gasteiger partial charge is 0.307 e. The van der Waals surface area contributed by atoms with E-state index in [0.29, 0.717) is 6.42 Å². The molecule has 4 N–H and O–H groups in total. The summed E-state index contributed by atoms with van der Waals surface area (Å²) >= 11 is 0. The molecule has 0 spiro atoms. The molecule has 0 saturated heterocycles. The number of Topliss-reactive ketones (excluding diaryl/α,β-unsaturated/α-hetero) is 1. The lowest BCUT2D eigenvalue weighted by Gasteiger charge is -2.14. The minimum absolute atomic E-state index is 0.0369. The van der Waals surface area contributed by atoms with Crippen LogP contribution in [0, 0.1) is 0 Å². The van der Waals surface area contributed by atoms with Gasteiger partial charge in [-0.05, 0) is 29.5 Å². The summed E-state index contributed by atoms with van der Waals surface area (Å²) in [4.78, 5) is 24.0. The Balaban J connectivity index is 2.24. The van der Waals surface area contributed by atoms with Crippen LogP contribution in [0.5, 0.6) is 17.2 Å². The first-order chi connectivity index (χ1) is 13.3. The summed E-state index contributed by atoms with van der Waals surface area (Å²) in [6.07, 6.45) is 7.08. The Morgan fingerprint density at radius 2 is 1.54 bits per heavy atom. The number of benzene rings is 2. The Hall–Kier alpha value is -2.76. The van der Waals surface area contributed by atoms with Crippen LogP contribution in [0.15, 0.2) is 18.2 Å². The van der Waals surface area contributed by atoms with Gasteiger partial charge in [-0.15, -0.1) is 0 Å². The number of ketones is 1. The maximum Gasteiger partial charge on any atom is 0.307 e. The van der Waals surface area contributed by atoms with Crippen LogP contribution in [-0.4, -0.2) is 32.2 Å². The number of fused-ring (bicyclic) bond motifs is 1. The van der Waals surface area contributed by atoms with Gasteiger partial charge in [-0.1, -0.05) is 45.4 Å². The number of aromatic hydroxyl groups is 3. The summed E-state index contributed by atoms with van der Waals surface area (Å²) in [5.74, 6) is -2.48. The van der Waals surface area contributed by atoms with E-state index in [4.69, 9.17) is 0 Å². The normalized spacial score (nSPS) is 11.0. The zero-order valence-corrected chi connectivity index (χ0v) is 16.2. The highest BCUT2D eigenvalue weighted by Crippen LogP contribution is 2.40. The number of aliphatic carboxylic acids is 1. The Labute approximate surface area is 164 Å². The highest BCUT2D eigenvalue weighted by atomic mass is 16.4. The molecule has 152 valence electrons. The number of hydrogen-bond acceptors (Lipinski definition) is 5. The lowest BCUT2D eigenvalue weighted by molar-refractivity contribution is -0.136. The third-order valence-electron chi connectivity index (χ3n) is 4.89. The standard InChI is InChI=1S/C22H28O6/c1-2-3-4-5-6-7-8-9-17(24)20-15(12-19(26)27)10-14-11-16(23)13-18(25)21(14)22(20)28/h10-11,13,23,25,28H,2-9,12H2,1H3,(H,26,27). The van der Waals surface area contributed by atoms with Gasteiger partial charge in [-0.3, -0.25) is 9.59 Å². The minimum Gasteiger partial charge on any atom is -0.508 e. The maximum atomic E-state index is 12.7. The number of phenols is 3. The molecule has 0 fully saturated rings. The molecule has 2 aromatic carbocycles. The van der Waals surface area contributed by atoms with E-state index in [1.54, 1.807) is 0 Å². The van der Waals surface area contributed by atoms with Gasteiger partial charge in [0.1, 0.15) is 17.2 Å². The van der Waals surface area contributed by atoms with Crippen molar-refractivity contribution in [2.75, 3.05) is 0 Å². The highest BCUT2D eigenvalue weighted by molar-refractivity contribution is 6.08. The van der Waals surface area contributed by atoms with E-state index in [9.17, 15) is 30.0 Å². The van der Waals surface area contributed by atoms with E-state index in [1.165, 1.54) is 31.4 Å². The second-order valence-corrected chi connectivity index (χ2v) is 7.19. The summed E-state index contributed by atoms with van der Waals surface area (Å²) < 4.78 is 0. The summed E-state index contributed by atoms with van der Waals surface area (Å²) in [5.41, 5.74) is 0.123. The van der Waals surface area contributed by atoms with Crippen LogP contribution in [0.2, 0.25) is 0 Å². The molecule has 0 radical (unpaired) electrons. The van der Waals surface area contributed by atoms with Crippen molar-refractivity contribution in [3.05, 3.63) is 29.3 Å². The van der Waals surface area contributed by atoms with Crippen molar-refractivity contribution in [1.29, 1.82) is 0 Å². The lowest BCUT2D eigenvalue weighted by atomic mass is 9.92. The first-order valence-electron chi connectivity index (χ1n) is 9.80. The lowest BCUT2D eigenvalue weighted by Crippen LogP contribution is -2.09. The average Bonchev–Trinajstić information content (AvgIpc) is 2.59. The van der Waals surface area contributed by atoms with Crippen molar-refractivity contribution in [2.45, 2.75) is 64.7 Å². The van der Waals surface area contributed by atoms with E-state index in [-0.39, 0.29) is 45.6 Å². The molecule has 6 heteroatoms. The van der Waals surface area contributed by atoms with Gasteiger partial charge < -0.3 is 20.4 Å². The molecule has 0 saturated carbocycles. The van der Waals surface area contributed by atoms with Crippen LogP contribution in [0.4, 0.5) is 0 Å². The molecular weight excluding hydrogens is 360 g/mol. The van der Waals surface area contributed by atoms with Crippen LogP contribution in [0.25, 0.3) is 10.8 Å². The summed E-state index contributed by atoms with van der Waals surface area (Å²) in [7, 11) is 0. The third-order valence-corrected chi connectivity index (χ3v) is 4.89. The van der Waals surface area contributed by atoms with Gasteiger partial charge >= 0.3 is 5.97 Å². The van der Waals surface area contributed by atoms with E-state index in [2.05, 4.69) is 6.92 Å². The number of carbonyl (C=O) groups excluding carboxylic acids is 1. The Morgan fingerprint density at radius 1 is 0.893 bits per heavy atom. The predicted molar refractivity (Wildman–Crippen MR) is 107 cm³/mol. The number of carbonyl (C=O) groups is 2. The monoisotopic (exact) mass is 388 g/mol. The SMILES string of the molecule is CCCCCCCCCC(=O)c1c(CC(=O)O)cc2cc(O)cc(O)c2c1O. The number of carboxylic acids is 1. The first kappa shape index (κ1) is 21.5. The van der Waals surface area contributed by atoms with Gasteiger partial charge in [0.2, 0.25) is 0 Å². The van der Waals surface area contributed by atoms with Crippen LogP contribution in [0.1, 0.15) is 74.2 Å². The fraction of sp³-hybridized carbons (Fsp3) is 0.455. The minimum atomic E-state index is -1.13. The van der Waals surface area contributed by atoms with Crippen molar-refractivity contribution in [3.63, 3.8) is 0 Å². The topological polar surface area (TPSA) is 115 Å². The van der Waals surface area contributed by atoms with E-state index in [1.807, 2.05) is 0 Å². The number of phenolic OH excluding ortho intramolecular Hbond substituents is 3. The second-order valence-electron chi connectivity index (χ2n) is 7.19. The van der Waals surface area contributed by atoms with Gasteiger partial charge in [0.15, 0.2) is 5.78 Å². The first-order valence-corrected chi connectivity index (χ1v) is 9.80. The summed E-state index contributed by atoms with van der Waals surface area (Å²) in [6.45, 7) is 2.16. The number of rotatable bonds is 11. The van der Waals surface area contributed by atoms with Crippen molar-refractivity contribution < 1.29 is 30.0 Å². The van der Waals surface area contributed by atoms with Crippen LogP contribution in [-0.2, 0) is 11.2 Å². The molecule has 0 amide bonds. The van der Waals surface area contributed by atoms with E-state index >= 15 is 0 Å². The van der Waals surface area contributed by atoms with Crippen LogP contribution >= 0.6 is 0 Å². The Morgan fingerprint density at radius 3 is 2.18 bits per heavy atom. The highest BCUT2D eigenvalue weighted by Gasteiger charge is 2.22. The average molecular weight is 388 g/mol. The molecule has 0 aromatic heterocycles. The summed E-state index contributed by atoms with van der Waals surface area (Å²) in [6, 6.07) is 3.81. The van der Waals surface area contributed by atoms with Crippen LogP contribution < -0.4 is 0 Å². The third kappa shape index (κ3) is 5.38. The number of carboxylic acid groups (broad SMARTS) is 1. The molecule has 0 atom stereocenters. The Kier molecular flexibility index (Phi) is 7.67. The zero-order valence-electron chi connectivity index (χ0n) is 16.2. The fourth-order valence-corrected chi connectivity index (χ4v) is 3.52. The number of unbranched alkanes of at least 4 members (excludes halogenated alkanes) is 6. The summed E-state index contributed by atoms with van der Waals surface area (Å²) in [5, 5.41) is 39.8. The largest absolute Gasteiger partial charge is 0.508 e. The van der Waals surface area contributed by atoms with Gasteiger partial charge in [-0.25, -0.2) is 0 Å². The van der Waals surface area contributed by atoms with Gasteiger partial charge in [-0.2, -0.15) is 0 Å². The molecule has 0 bridgehead atoms. The quantitative estimate of drug-likeness (QED) is 0.321. The van der Waals surface area contributed by atoms with E-state index in [0.717, 1.165) is 25.3 Å². The molecule has 0 heterocycles. The molecule has 2 rings (SSSR count). The second kappa shape index (κ2) is 9.97. The Bertz CT molecular complexity index is 856. The van der Waals surface area contributed by atoms with Crippen molar-refractivity contribution in [2.24, 2.45) is 0 Å². The van der Waals surface area contributed by atoms with E-state index < -0.39 is 18.1 Å². The van der Waals surface area contributed by atoms with Crippen molar-refractivity contribution >= 4 is 22.5 Å². The molecule has 0 aliphatic carbocycles. The fourth-order valence-electron chi connectivity index (χ4n) is 3.52. The number of hydrogen-bond donors (Lipinski definition) is 4. The van der Waals surface area contributed by atoms with Crippen molar-refractivity contribution in [1.82, 2.24) is 0 Å². The van der Waals surface area contributed by atoms with Gasteiger partial charge in [0.05, 0.1) is 17.4 Å². The maximum absolute atomic E-state index is 12.7.